The number of benzene rings is 1. The first-order valence-corrected chi connectivity index (χ1v) is 7.37. The highest BCUT2D eigenvalue weighted by Gasteiger charge is 2.23. The molecular formula is C16H13F2N5O2. The first-order valence-electron chi connectivity index (χ1n) is 7.37. The number of Topliss-reactive ketones (excluding diaryl/α,β-unsaturated/α-hetero) is 1. The van der Waals surface area contributed by atoms with Crippen molar-refractivity contribution in [2.24, 2.45) is 5.16 Å². The monoisotopic (exact) mass is 345 g/mol. The number of carbonyl (C=O) groups excluding carboxylic acids is 1. The molecule has 0 saturated carbocycles. The topological polar surface area (TPSA) is 92.7 Å². The summed E-state index contributed by atoms with van der Waals surface area (Å²) in [7, 11) is 0. The Morgan fingerprint density at radius 1 is 1.20 bits per heavy atom. The highest BCUT2D eigenvalue weighted by Crippen LogP contribution is 2.16. The standard InChI is InChI=1S/C16H13F2N5O2/c1-8(2)16-20-19-13-6-5-12(21-23(13)16)14(22-25)15(24)10-4-3-9(17)7-11(10)18/h3-8,25H,1-2H3/b22-14-. The Balaban J connectivity index is 2.08. The molecule has 0 fully saturated rings. The average molecular weight is 345 g/mol. The van der Waals surface area contributed by atoms with E-state index in [0.717, 1.165) is 12.1 Å². The van der Waals surface area contributed by atoms with Gasteiger partial charge in [-0.3, -0.25) is 4.79 Å². The summed E-state index contributed by atoms with van der Waals surface area (Å²) >= 11 is 0. The van der Waals surface area contributed by atoms with Gasteiger partial charge in [-0.2, -0.15) is 9.61 Å². The Kier molecular flexibility index (Phi) is 4.22. The molecule has 2 aromatic heterocycles. The summed E-state index contributed by atoms with van der Waals surface area (Å²) in [6.45, 7) is 3.79. The van der Waals surface area contributed by atoms with Crippen LogP contribution in [0.5, 0.6) is 0 Å². The second kappa shape index (κ2) is 6.34. The molecule has 0 bridgehead atoms. The van der Waals surface area contributed by atoms with Crippen molar-refractivity contribution < 1.29 is 18.8 Å². The SMILES string of the molecule is CC(C)c1nnc2ccc(/C(=N/O)C(=O)c3ccc(F)cc3F)nn12. The maximum Gasteiger partial charge on any atom is 0.220 e. The van der Waals surface area contributed by atoms with Gasteiger partial charge in [-0.25, -0.2) is 8.78 Å². The van der Waals surface area contributed by atoms with Crippen molar-refractivity contribution in [3.05, 3.63) is 59.0 Å². The molecule has 0 aliphatic rings. The fourth-order valence-electron chi connectivity index (χ4n) is 2.31. The van der Waals surface area contributed by atoms with Crippen LogP contribution < -0.4 is 0 Å². The molecule has 1 N–H and O–H groups in total. The Morgan fingerprint density at radius 3 is 2.60 bits per heavy atom. The third-order valence-electron chi connectivity index (χ3n) is 3.54. The van der Waals surface area contributed by atoms with Gasteiger partial charge >= 0.3 is 0 Å². The van der Waals surface area contributed by atoms with Crippen LogP contribution >= 0.6 is 0 Å². The molecule has 0 spiro atoms. The van der Waals surface area contributed by atoms with Crippen molar-refractivity contribution in [2.75, 3.05) is 0 Å². The normalized spacial score (nSPS) is 12.1. The lowest BCUT2D eigenvalue weighted by Crippen LogP contribution is -2.20. The fraction of sp³-hybridized carbons (Fsp3) is 0.188. The summed E-state index contributed by atoms with van der Waals surface area (Å²) in [4.78, 5) is 12.5. The van der Waals surface area contributed by atoms with Crippen LogP contribution in [0.3, 0.4) is 0 Å². The average Bonchev–Trinajstić information content (AvgIpc) is 2.99. The number of oxime groups is 1. The molecule has 0 unspecified atom stereocenters. The first kappa shape index (κ1) is 16.6. The molecule has 0 aliphatic carbocycles. The second-order valence-electron chi connectivity index (χ2n) is 5.60. The van der Waals surface area contributed by atoms with Crippen LogP contribution in [0.15, 0.2) is 35.5 Å². The lowest BCUT2D eigenvalue weighted by atomic mass is 10.0. The van der Waals surface area contributed by atoms with E-state index in [1.807, 2.05) is 13.8 Å². The summed E-state index contributed by atoms with van der Waals surface area (Å²) in [5.41, 5.74) is -0.449. The van der Waals surface area contributed by atoms with Crippen molar-refractivity contribution in [3.8, 4) is 0 Å². The first-order chi connectivity index (χ1) is 11.9. The minimum absolute atomic E-state index is 0.00502. The van der Waals surface area contributed by atoms with Crippen LogP contribution in [0, 0.1) is 11.6 Å². The lowest BCUT2D eigenvalue weighted by molar-refractivity contribution is 0.105. The molecule has 3 aromatic rings. The van der Waals surface area contributed by atoms with Gasteiger partial charge in [0.2, 0.25) is 5.78 Å². The highest BCUT2D eigenvalue weighted by atomic mass is 19.1. The van der Waals surface area contributed by atoms with Gasteiger partial charge in [-0.05, 0) is 24.3 Å². The van der Waals surface area contributed by atoms with Gasteiger partial charge in [0, 0.05) is 12.0 Å². The Labute approximate surface area is 140 Å². The van der Waals surface area contributed by atoms with E-state index in [9.17, 15) is 18.8 Å². The van der Waals surface area contributed by atoms with Gasteiger partial charge < -0.3 is 5.21 Å². The zero-order valence-corrected chi connectivity index (χ0v) is 13.3. The number of ketones is 1. The molecule has 0 atom stereocenters. The molecule has 7 nitrogen and oxygen atoms in total. The Hall–Kier alpha value is -3.23. The van der Waals surface area contributed by atoms with Crippen LogP contribution in [0.25, 0.3) is 5.65 Å². The number of fused-ring (bicyclic) bond motifs is 1. The molecule has 0 aliphatic heterocycles. The van der Waals surface area contributed by atoms with Crippen molar-refractivity contribution in [1.29, 1.82) is 0 Å². The van der Waals surface area contributed by atoms with E-state index in [-0.39, 0.29) is 11.6 Å². The molecule has 3 rings (SSSR count). The zero-order valence-electron chi connectivity index (χ0n) is 13.3. The third kappa shape index (κ3) is 2.95. The second-order valence-corrected chi connectivity index (χ2v) is 5.60. The van der Waals surface area contributed by atoms with Crippen molar-refractivity contribution in [2.45, 2.75) is 19.8 Å². The number of aromatic nitrogens is 4. The predicted molar refractivity (Wildman–Crippen MR) is 83.9 cm³/mol. The Bertz CT molecular complexity index is 997. The van der Waals surface area contributed by atoms with Crippen LogP contribution in [0.4, 0.5) is 8.78 Å². The smallest absolute Gasteiger partial charge is 0.220 e. The maximum absolute atomic E-state index is 13.8. The number of halogens is 2. The van der Waals surface area contributed by atoms with Gasteiger partial charge in [-0.1, -0.05) is 19.0 Å². The molecule has 128 valence electrons. The highest BCUT2D eigenvalue weighted by molar-refractivity contribution is 6.50. The molecule has 0 amide bonds. The predicted octanol–water partition coefficient (Wildman–Crippen LogP) is 2.59. The van der Waals surface area contributed by atoms with E-state index in [1.54, 1.807) is 6.07 Å². The summed E-state index contributed by atoms with van der Waals surface area (Å²) in [6.07, 6.45) is 0. The number of hydrogen-bond donors (Lipinski definition) is 1. The third-order valence-corrected chi connectivity index (χ3v) is 3.54. The van der Waals surface area contributed by atoms with Crippen molar-refractivity contribution in [3.63, 3.8) is 0 Å². The van der Waals surface area contributed by atoms with Crippen LogP contribution in [0.2, 0.25) is 0 Å². The van der Waals surface area contributed by atoms with E-state index in [2.05, 4.69) is 20.5 Å². The van der Waals surface area contributed by atoms with E-state index < -0.39 is 28.7 Å². The van der Waals surface area contributed by atoms with Crippen molar-refractivity contribution in [1.82, 2.24) is 19.8 Å². The quantitative estimate of drug-likeness (QED) is 0.339. The van der Waals surface area contributed by atoms with Gasteiger partial charge in [0.15, 0.2) is 17.2 Å². The molecule has 9 heteroatoms. The molecule has 0 saturated heterocycles. The van der Waals surface area contributed by atoms with Crippen molar-refractivity contribution >= 4 is 17.1 Å². The minimum atomic E-state index is -1.06. The fourth-order valence-corrected chi connectivity index (χ4v) is 2.31. The molecule has 0 radical (unpaired) electrons. The Morgan fingerprint density at radius 2 is 1.96 bits per heavy atom. The summed E-state index contributed by atoms with van der Waals surface area (Å²) in [5.74, 6) is -2.24. The van der Waals surface area contributed by atoms with Gasteiger partial charge in [0.1, 0.15) is 17.3 Å². The van der Waals surface area contributed by atoms with Gasteiger partial charge in [-0.15, -0.1) is 10.2 Å². The van der Waals surface area contributed by atoms with E-state index in [0.29, 0.717) is 17.5 Å². The van der Waals surface area contributed by atoms with Gasteiger partial charge in [0.05, 0.1) is 5.56 Å². The van der Waals surface area contributed by atoms with Crippen LogP contribution in [-0.4, -0.2) is 36.5 Å². The van der Waals surface area contributed by atoms with E-state index >= 15 is 0 Å². The van der Waals surface area contributed by atoms with Gasteiger partial charge in [0.25, 0.3) is 0 Å². The maximum atomic E-state index is 13.8. The lowest BCUT2D eigenvalue weighted by Gasteiger charge is -2.06. The summed E-state index contributed by atoms with van der Waals surface area (Å²) in [6, 6.07) is 5.45. The largest absolute Gasteiger partial charge is 0.410 e. The van der Waals surface area contributed by atoms with Crippen LogP contribution in [0.1, 0.15) is 41.6 Å². The summed E-state index contributed by atoms with van der Waals surface area (Å²) in [5, 5.41) is 24.4. The number of carbonyl (C=O) groups is 1. The molecule has 1 aromatic carbocycles. The van der Waals surface area contributed by atoms with Crippen LogP contribution in [-0.2, 0) is 0 Å². The molecule has 2 heterocycles. The number of hydrogen-bond acceptors (Lipinski definition) is 6. The zero-order chi connectivity index (χ0) is 18.1. The molecular weight excluding hydrogens is 332 g/mol. The number of rotatable bonds is 4. The minimum Gasteiger partial charge on any atom is -0.410 e. The number of nitrogens with zero attached hydrogens (tertiary/aromatic N) is 5. The molecule has 25 heavy (non-hydrogen) atoms. The summed E-state index contributed by atoms with van der Waals surface area (Å²) < 4.78 is 28.3. The van der Waals surface area contributed by atoms with E-state index in [4.69, 9.17) is 0 Å². The van der Waals surface area contributed by atoms with E-state index in [1.165, 1.54) is 10.6 Å².